The number of amides is 1. The van der Waals surface area contributed by atoms with Gasteiger partial charge in [0.2, 0.25) is 15.9 Å². The van der Waals surface area contributed by atoms with E-state index in [0.29, 0.717) is 39.3 Å². The Morgan fingerprint density at radius 2 is 1.89 bits per heavy atom. The molecule has 6 nitrogen and oxygen atoms in total. The van der Waals surface area contributed by atoms with Gasteiger partial charge >= 0.3 is 0 Å². The van der Waals surface area contributed by atoms with Gasteiger partial charge in [-0.25, -0.2) is 8.42 Å². The van der Waals surface area contributed by atoms with E-state index in [1.54, 1.807) is 16.2 Å². The van der Waals surface area contributed by atoms with Gasteiger partial charge in [0.25, 0.3) is 0 Å². The molecule has 0 N–H and O–H groups in total. The fourth-order valence-electron chi connectivity index (χ4n) is 3.85. The number of rotatable bonds is 4. The molecule has 1 aromatic carbocycles. The van der Waals surface area contributed by atoms with Gasteiger partial charge in [-0.3, -0.25) is 4.79 Å². The summed E-state index contributed by atoms with van der Waals surface area (Å²) in [6.07, 6.45) is 0.813. The Bertz CT molecular complexity index is 963. The second-order valence-electron chi connectivity index (χ2n) is 7.42. The number of fused-ring (bicyclic) bond motifs is 1. The van der Waals surface area contributed by atoms with E-state index in [1.807, 2.05) is 17.5 Å². The molecule has 2 aromatic rings. The van der Waals surface area contributed by atoms with E-state index in [-0.39, 0.29) is 5.91 Å². The first-order chi connectivity index (χ1) is 13.4. The number of carbonyl (C=O) groups excluding carboxylic acids is 1. The average Bonchev–Trinajstić information content (AvgIpc) is 3.15. The van der Waals surface area contributed by atoms with Crippen molar-refractivity contribution in [2.45, 2.75) is 19.9 Å². The summed E-state index contributed by atoms with van der Waals surface area (Å²) >= 11 is 1.71. The fraction of sp³-hybridized carbons (Fsp3) is 0.450. The normalized spacial score (nSPS) is 18.2. The lowest BCUT2D eigenvalue weighted by Crippen LogP contribution is -2.51. The zero-order chi connectivity index (χ0) is 19.7. The Kier molecular flexibility index (Phi) is 5.44. The van der Waals surface area contributed by atoms with Crippen LogP contribution in [0, 0.1) is 6.92 Å². The molecule has 0 bridgehead atoms. The summed E-state index contributed by atoms with van der Waals surface area (Å²) in [4.78, 5) is 17.8. The van der Waals surface area contributed by atoms with E-state index in [1.165, 1.54) is 14.7 Å². The maximum Gasteiger partial charge on any atom is 0.239 e. The van der Waals surface area contributed by atoms with E-state index < -0.39 is 15.8 Å². The maximum atomic E-state index is 12.8. The van der Waals surface area contributed by atoms with Crippen LogP contribution in [0.4, 0.5) is 5.69 Å². The highest BCUT2D eigenvalue weighted by Crippen LogP contribution is 2.24. The number of piperazine rings is 1. The Balaban J connectivity index is 1.35. The molecule has 0 atom stereocenters. The third kappa shape index (κ3) is 4.09. The van der Waals surface area contributed by atoms with Gasteiger partial charge in [-0.15, -0.1) is 11.3 Å². The topological polar surface area (TPSA) is 60.9 Å². The Morgan fingerprint density at radius 1 is 1.11 bits per heavy atom. The Hall–Kier alpha value is -1.90. The number of aryl methyl sites for hydroxylation is 1. The largest absolute Gasteiger partial charge is 0.369 e. The van der Waals surface area contributed by atoms with Crippen molar-refractivity contribution < 1.29 is 13.2 Å². The molecular weight excluding hydrogens is 394 g/mol. The fourth-order valence-corrected chi connectivity index (χ4v) is 6.14. The summed E-state index contributed by atoms with van der Waals surface area (Å²) in [5.74, 6) is -0.727. The summed E-state index contributed by atoms with van der Waals surface area (Å²) in [5.41, 5.74) is 3.45. The van der Waals surface area contributed by atoms with Crippen LogP contribution in [0.2, 0.25) is 0 Å². The monoisotopic (exact) mass is 419 g/mol. The summed E-state index contributed by atoms with van der Waals surface area (Å²) in [7, 11) is -3.59. The second-order valence-corrected chi connectivity index (χ2v) is 10.4. The molecule has 1 aromatic heterocycles. The van der Waals surface area contributed by atoms with Crippen LogP contribution in [0.3, 0.4) is 0 Å². The van der Waals surface area contributed by atoms with Crippen LogP contribution in [-0.2, 0) is 27.8 Å². The number of sulfonamides is 1. The van der Waals surface area contributed by atoms with Crippen molar-refractivity contribution in [2.75, 3.05) is 43.4 Å². The molecule has 2 aliphatic heterocycles. The summed E-state index contributed by atoms with van der Waals surface area (Å²) in [6.45, 7) is 5.28. The van der Waals surface area contributed by atoms with E-state index in [9.17, 15) is 13.2 Å². The minimum atomic E-state index is -3.59. The van der Waals surface area contributed by atoms with Gasteiger partial charge in [0.1, 0.15) is 5.75 Å². The number of carbonyl (C=O) groups is 1. The predicted octanol–water partition coefficient (Wildman–Crippen LogP) is 2.09. The van der Waals surface area contributed by atoms with Crippen molar-refractivity contribution in [2.24, 2.45) is 0 Å². The molecule has 1 amide bonds. The van der Waals surface area contributed by atoms with Gasteiger partial charge in [0, 0.05) is 49.8 Å². The lowest BCUT2D eigenvalue weighted by molar-refractivity contribution is -0.129. The van der Waals surface area contributed by atoms with Gasteiger partial charge in [0.05, 0.1) is 0 Å². The third-order valence-corrected chi connectivity index (χ3v) is 8.25. The van der Waals surface area contributed by atoms with Gasteiger partial charge < -0.3 is 9.80 Å². The van der Waals surface area contributed by atoms with Crippen molar-refractivity contribution in [3.63, 3.8) is 0 Å². The Labute approximate surface area is 170 Å². The molecule has 1 fully saturated rings. The molecule has 0 radical (unpaired) electrons. The molecule has 1 saturated heterocycles. The van der Waals surface area contributed by atoms with Gasteiger partial charge in [-0.05, 0) is 48.1 Å². The molecule has 0 spiro atoms. The van der Waals surface area contributed by atoms with Crippen LogP contribution in [0.15, 0.2) is 35.7 Å². The molecule has 4 rings (SSSR count). The zero-order valence-electron chi connectivity index (χ0n) is 16.0. The van der Waals surface area contributed by atoms with E-state index in [2.05, 4.69) is 30.0 Å². The molecular formula is C20H25N3O3S2. The standard InChI is InChI=1S/C20H25N3O3S2/c1-16-3-2-4-18(13-16)21-8-10-23(11-9-21)28(25,26)15-20(24)22-7-5-19-17(14-22)6-12-27-19/h2-4,6,12-13H,5,7-11,14-15H2,1H3. The highest BCUT2D eigenvalue weighted by atomic mass is 32.2. The van der Waals surface area contributed by atoms with Crippen molar-refractivity contribution in [3.05, 3.63) is 51.7 Å². The maximum absolute atomic E-state index is 12.8. The molecule has 0 saturated carbocycles. The molecule has 0 aliphatic carbocycles. The quantitative estimate of drug-likeness (QED) is 0.761. The average molecular weight is 420 g/mol. The smallest absolute Gasteiger partial charge is 0.239 e. The van der Waals surface area contributed by atoms with Gasteiger partial charge in [0.15, 0.2) is 0 Å². The van der Waals surface area contributed by atoms with Crippen molar-refractivity contribution >= 4 is 33.0 Å². The van der Waals surface area contributed by atoms with Crippen molar-refractivity contribution in [1.29, 1.82) is 0 Å². The highest BCUT2D eigenvalue weighted by molar-refractivity contribution is 7.89. The minimum Gasteiger partial charge on any atom is -0.369 e. The molecule has 3 heterocycles. The summed E-state index contributed by atoms with van der Waals surface area (Å²) in [6, 6.07) is 10.3. The molecule has 0 unspecified atom stereocenters. The molecule has 28 heavy (non-hydrogen) atoms. The number of anilines is 1. The summed E-state index contributed by atoms with van der Waals surface area (Å²) in [5, 5.41) is 2.03. The highest BCUT2D eigenvalue weighted by Gasteiger charge is 2.31. The van der Waals surface area contributed by atoms with Crippen LogP contribution in [0.5, 0.6) is 0 Å². The first-order valence-corrected chi connectivity index (χ1v) is 12.0. The zero-order valence-corrected chi connectivity index (χ0v) is 17.6. The minimum absolute atomic E-state index is 0.294. The number of hydrogen-bond donors (Lipinski definition) is 0. The molecule has 2 aliphatic rings. The predicted molar refractivity (Wildman–Crippen MR) is 112 cm³/mol. The first-order valence-electron chi connectivity index (χ1n) is 9.55. The first kappa shape index (κ1) is 19.4. The number of benzene rings is 1. The second kappa shape index (κ2) is 7.85. The van der Waals surface area contributed by atoms with Crippen molar-refractivity contribution in [3.8, 4) is 0 Å². The van der Waals surface area contributed by atoms with E-state index in [4.69, 9.17) is 0 Å². The van der Waals surface area contributed by atoms with Gasteiger partial charge in [-0.2, -0.15) is 4.31 Å². The SMILES string of the molecule is Cc1cccc(N2CCN(S(=O)(=O)CC(=O)N3CCc4sccc4C3)CC2)c1. The van der Waals surface area contributed by atoms with E-state index in [0.717, 1.165) is 17.7 Å². The number of nitrogens with zero attached hydrogens (tertiary/aromatic N) is 3. The third-order valence-electron chi connectivity index (χ3n) is 5.47. The van der Waals surface area contributed by atoms with Crippen molar-refractivity contribution in [1.82, 2.24) is 9.21 Å². The van der Waals surface area contributed by atoms with Crippen LogP contribution < -0.4 is 4.90 Å². The molecule has 8 heteroatoms. The van der Waals surface area contributed by atoms with Crippen LogP contribution >= 0.6 is 11.3 Å². The lowest BCUT2D eigenvalue weighted by Gasteiger charge is -2.36. The lowest BCUT2D eigenvalue weighted by atomic mass is 10.1. The van der Waals surface area contributed by atoms with Crippen LogP contribution in [0.25, 0.3) is 0 Å². The summed E-state index contributed by atoms with van der Waals surface area (Å²) < 4.78 is 27.1. The number of hydrogen-bond acceptors (Lipinski definition) is 5. The Morgan fingerprint density at radius 3 is 2.64 bits per heavy atom. The van der Waals surface area contributed by atoms with Crippen LogP contribution in [-0.4, -0.2) is 62.0 Å². The van der Waals surface area contributed by atoms with E-state index >= 15 is 0 Å². The van der Waals surface area contributed by atoms with Gasteiger partial charge in [-0.1, -0.05) is 12.1 Å². The van der Waals surface area contributed by atoms with Crippen LogP contribution in [0.1, 0.15) is 16.0 Å². The molecule has 150 valence electrons. The number of thiophene rings is 1.